The average Bonchev–Trinajstić information content (AvgIpc) is 3.02. The lowest BCUT2D eigenvalue weighted by atomic mass is 10.2. The van der Waals surface area contributed by atoms with Crippen molar-refractivity contribution in [2.24, 2.45) is 0 Å². The molecule has 2 N–H and O–H groups in total. The molecule has 0 spiro atoms. The lowest BCUT2D eigenvalue weighted by molar-refractivity contribution is -0.125. The van der Waals surface area contributed by atoms with E-state index in [9.17, 15) is 4.79 Å². The Hall–Kier alpha value is -1.70. The summed E-state index contributed by atoms with van der Waals surface area (Å²) in [7, 11) is 0. The highest BCUT2D eigenvalue weighted by Crippen LogP contribution is 2.18. The van der Waals surface area contributed by atoms with Crippen LogP contribution in [0, 0.1) is 0 Å². The van der Waals surface area contributed by atoms with Crippen LogP contribution in [-0.4, -0.2) is 45.7 Å². The van der Waals surface area contributed by atoms with E-state index in [0.29, 0.717) is 23.8 Å². The van der Waals surface area contributed by atoms with Crippen LogP contribution in [0.5, 0.6) is 0 Å². The van der Waals surface area contributed by atoms with E-state index >= 15 is 0 Å². The Balaban J connectivity index is 0.00000288. The predicted octanol–water partition coefficient (Wildman–Crippen LogP) is 2.09. The van der Waals surface area contributed by atoms with Gasteiger partial charge in [0.25, 0.3) is 0 Å². The van der Waals surface area contributed by atoms with Crippen molar-refractivity contribution < 1.29 is 4.79 Å². The van der Waals surface area contributed by atoms with Crippen molar-refractivity contribution in [1.82, 2.24) is 30.8 Å². The Kier molecular flexibility index (Phi) is 8.67. The molecule has 7 nitrogen and oxygen atoms in total. The molecule has 2 rings (SSSR count). The quantitative estimate of drug-likeness (QED) is 0.693. The van der Waals surface area contributed by atoms with Gasteiger partial charge in [0.2, 0.25) is 11.7 Å². The summed E-state index contributed by atoms with van der Waals surface area (Å²) in [5.41, 5.74) is 0.808. The number of nitrogens with zero attached hydrogens (tertiary/aromatic N) is 4. The number of aromatic nitrogens is 4. The molecule has 0 aliphatic heterocycles. The zero-order chi connectivity index (χ0) is 16.7. The molecule has 1 unspecified atom stereocenters. The third-order valence-corrected chi connectivity index (χ3v) is 3.60. The van der Waals surface area contributed by atoms with Crippen LogP contribution in [0.2, 0.25) is 5.02 Å². The van der Waals surface area contributed by atoms with Crippen LogP contribution in [0.4, 0.5) is 0 Å². The van der Waals surface area contributed by atoms with E-state index in [-0.39, 0.29) is 18.3 Å². The fraction of sp³-hybridized carbons (Fsp3) is 0.467. The Bertz CT molecular complexity index is 631. The summed E-state index contributed by atoms with van der Waals surface area (Å²) < 4.78 is 0. The summed E-state index contributed by atoms with van der Waals surface area (Å²) >= 11 is 5.87. The minimum Gasteiger partial charge on any atom is -0.353 e. The van der Waals surface area contributed by atoms with Crippen LogP contribution in [0.15, 0.2) is 24.3 Å². The zero-order valence-corrected chi connectivity index (χ0v) is 15.3. The monoisotopic (exact) mass is 372 g/mol. The van der Waals surface area contributed by atoms with Gasteiger partial charge in [-0.25, -0.2) is 0 Å². The fourth-order valence-corrected chi connectivity index (χ4v) is 2.22. The summed E-state index contributed by atoms with van der Waals surface area (Å²) in [6.07, 6.45) is 0.587. The van der Waals surface area contributed by atoms with E-state index in [4.69, 9.17) is 11.6 Å². The molecule has 1 amide bonds. The molecular weight excluding hydrogens is 351 g/mol. The number of hydrogen-bond acceptors (Lipinski definition) is 5. The minimum absolute atomic E-state index is 0. The van der Waals surface area contributed by atoms with Gasteiger partial charge in [0.05, 0.1) is 0 Å². The molecule has 1 aromatic carbocycles. The van der Waals surface area contributed by atoms with Gasteiger partial charge in [-0.3, -0.25) is 4.79 Å². The van der Waals surface area contributed by atoms with E-state index in [1.807, 2.05) is 26.0 Å². The number of carbonyl (C=O) groups is 1. The van der Waals surface area contributed by atoms with Crippen molar-refractivity contribution in [3.8, 4) is 11.4 Å². The van der Waals surface area contributed by atoms with E-state index in [2.05, 4.69) is 26.0 Å². The van der Waals surface area contributed by atoms with E-state index < -0.39 is 6.04 Å². The zero-order valence-electron chi connectivity index (χ0n) is 13.7. The number of likely N-dealkylation sites (N-methyl/N-ethyl adjacent to an activating group) is 1. The van der Waals surface area contributed by atoms with Crippen LogP contribution in [0.25, 0.3) is 11.4 Å². The molecule has 0 aliphatic carbocycles. The van der Waals surface area contributed by atoms with Gasteiger partial charge in [-0.05, 0) is 42.4 Å². The molecule has 1 heterocycles. The van der Waals surface area contributed by atoms with Crippen molar-refractivity contribution in [3.05, 3.63) is 29.3 Å². The normalized spacial score (nSPS) is 11.6. The van der Waals surface area contributed by atoms with Gasteiger partial charge in [0.15, 0.2) is 6.04 Å². The second-order valence-electron chi connectivity index (χ2n) is 5.01. The first-order valence-electron chi connectivity index (χ1n) is 7.69. The molecule has 0 fully saturated rings. The number of tetrazole rings is 1. The molecule has 24 heavy (non-hydrogen) atoms. The number of nitrogens with one attached hydrogen (secondary N) is 2. The van der Waals surface area contributed by atoms with Gasteiger partial charge >= 0.3 is 0 Å². The predicted molar refractivity (Wildman–Crippen MR) is 96.4 cm³/mol. The molecule has 0 aliphatic rings. The third-order valence-electron chi connectivity index (χ3n) is 3.35. The molecule has 0 saturated heterocycles. The van der Waals surface area contributed by atoms with Gasteiger partial charge in [-0.15, -0.1) is 22.6 Å². The molecule has 0 radical (unpaired) electrons. The van der Waals surface area contributed by atoms with Crippen LogP contribution in [0.1, 0.15) is 26.3 Å². The number of hydrogen-bond donors (Lipinski definition) is 2. The van der Waals surface area contributed by atoms with Crippen molar-refractivity contribution in [3.63, 3.8) is 0 Å². The van der Waals surface area contributed by atoms with Crippen LogP contribution >= 0.6 is 24.0 Å². The Labute approximate surface area is 152 Å². The van der Waals surface area contributed by atoms with Crippen molar-refractivity contribution in [2.45, 2.75) is 26.3 Å². The maximum atomic E-state index is 12.2. The Morgan fingerprint density at radius 1 is 1.25 bits per heavy atom. The van der Waals surface area contributed by atoms with Crippen LogP contribution in [0.3, 0.4) is 0 Å². The number of benzene rings is 1. The highest BCUT2D eigenvalue weighted by Gasteiger charge is 2.21. The average molecular weight is 373 g/mol. The summed E-state index contributed by atoms with van der Waals surface area (Å²) in [6, 6.07) is 6.71. The van der Waals surface area contributed by atoms with Crippen LogP contribution in [-0.2, 0) is 4.79 Å². The number of carbonyl (C=O) groups excluding carboxylic acids is 1. The highest BCUT2D eigenvalue weighted by molar-refractivity contribution is 6.30. The number of amides is 1. The highest BCUT2D eigenvalue weighted by atomic mass is 35.5. The second-order valence-corrected chi connectivity index (χ2v) is 5.45. The molecule has 0 bridgehead atoms. The first-order valence-corrected chi connectivity index (χ1v) is 8.07. The SMILES string of the molecule is CCNCCNC(=O)C(CC)n1nnc(-c2ccc(Cl)cc2)n1.Cl. The van der Waals surface area contributed by atoms with Gasteiger partial charge in [-0.1, -0.05) is 25.4 Å². The van der Waals surface area contributed by atoms with Crippen LogP contribution < -0.4 is 10.6 Å². The molecule has 1 atom stereocenters. The number of rotatable bonds is 8. The van der Waals surface area contributed by atoms with Gasteiger partial charge < -0.3 is 10.6 Å². The summed E-state index contributed by atoms with van der Waals surface area (Å²) in [5.74, 6) is 0.367. The molecular formula is C15H22Cl2N6O. The first kappa shape index (κ1) is 20.3. The summed E-state index contributed by atoms with van der Waals surface area (Å²) in [6.45, 7) is 6.12. The van der Waals surface area contributed by atoms with Crippen molar-refractivity contribution >= 4 is 29.9 Å². The molecule has 0 saturated carbocycles. The summed E-state index contributed by atoms with van der Waals surface area (Å²) in [4.78, 5) is 13.6. The Morgan fingerprint density at radius 3 is 2.58 bits per heavy atom. The Morgan fingerprint density at radius 2 is 1.96 bits per heavy atom. The number of halogens is 2. The molecule has 1 aromatic heterocycles. The van der Waals surface area contributed by atoms with Crippen molar-refractivity contribution in [2.75, 3.05) is 19.6 Å². The second kappa shape index (κ2) is 10.2. The smallest absolute Gasteiger partial charge is 0.246 e. The van der Waals surface area contributed by atoms with Crippen molar-refractivity contribution in [1.29, 1.82) is 0 Å². The molecule has 132 valence electrons. The largest absolute Gasteiger partial charge is 0.353 e. The maximum absolute atomic E-state index is 12.2. The minimum atomic E-state index is -0.467. The topological polar surface area (TPSA) is 84.7 Å². The maximum Gasteiger partial charge on any atom is 0.246 e. The first-order chi connectivity index (χ1) is 11.2. The van der Waals surface area contributed by atoms with Gasteiger partial charge in [0, 0.05) is 23.7 Å². The molecule has 9 heteroatoms. The third kappa shape index (κ3) is 5.43. The van der Waals surface area contributed by atoms with E-state index in [0.717, 1.165) is 18.7 Å². The van der Waals surface area contributed by atoms with E-state index in [1.54, 1.807) is 12.1 Å². The fourth-order valence-electron chi connectivity index (χ4n) is 2.09. The lowest BCUT2D eigenvalue weighted by Crippen LogP contribution is -2.37. The standard InChI is InChI=1S/C15H21ClN6O.ClH/c1-3-13(15(23)18-10-9-17-4-2)22-20-14(19-21-22)11-5-7-12(16)8-6-11;/h5-8,13,17H,3-4,9-10H2,1-2H3,(H,18,23);1H. The summed E-state index contributed by atoms with van der Waals surface area (Å²) in [5, 5.41) is 19.0. The molecule has 2 aromatic rings. The van der Waals surface area contributed by atoms with Gasteiger partial charge in [0.1, 0.15) is 0 Å². The lowest BCUT2D eigenvalue weighted by Gasteiger charge is -2.13. The van der Waals surface area contributed by atoms with E-state index in [1.165, 1.54) is 4.80 Å². The van der Waals surface area contributed by atoms with Gasteiger partial charge in [-0.2, -0.15) is 4.80 Å².